The fourth-order valence-corrected chi connectivity index (χ4v) is 4.16. The lowest BCUT2D eigenvalue weighted by Gasteiger charge is -2.40. The molecule has 0 aromatic heterocycles. The van der Waals surface area contributed by atoms with Crippen molar-refractivity contribution in [2.45, 2.75) is 36.9 Å². The van der Waals surface area contributed by atoms with Gasteiger partial charge in [-0.1, -0.05) is 42.5 Å². The first-order valence-corrected chi connectivity index (χ1v) is 9.24. The van der Waals surface area contributed by atoms with E-state index in [9.17, 15) is 0 Å². The number of thioether (sulfide) groups is 1. The smallest absolute Gasteiger partial charge is 0.184 e. The lowest BCUT2D eigenvalue weighted by atomic mass is 10.0. The molecule has 0 aliphatic carbocycles. The van der Waals surface area contributed by atoms with Crippen molar-refractivity contribution in [3.63, 3.8) is 0 Å². The van der Waals surface area contributed by atoms with E-state index in [0.29, 0.717) is 6.61 Å². The van der Waals surface area contributed by atoms with E-state index in [-0.39, 0.29) is 36.9 Å². The van der Waals surface area contributed by atoms with E-state index in [0.717, 1.165) is 9.88 Å². The number of hydrogen-bond acceptors (Lipinski definition) is 6. The molecule has 0 radical (unpaired) electrons. The standard InChI is InChI=1S/C16H19NO4S2/c1-18-15-12-11(17(12)16(22)23-2)13-10(20-15)8-19-14(21-13)9-6-4-3-5-7-9/h3-7,10-15H,8H2,1-2H3/t10-,11+,12+,13-,14-,15+,17?/m0/s1. The number of nitrogens with zero attached hydrogens (tertiary/aromatic N) is 1. The second kappa shape index (κ2) is 6.31. The van der Waals surface area contributed by atoms with Gasteiger partial charge in [0.05, 0.1) is 12.6 Å². The number of ether oxygens (including phenoxy) is 4. The van der Waals surface area contributed by atoms with Gasteiger partial charge in [0, 0.05) is 12.7 Å². The Kier molecular flexibility index (Phi) is 4.34. The van der Waals surface area contributed by atoms with Crippen LogP contribution in [0.25, 0.3) is 0 Å². The predicted octanol–water partition coefficient (Wildman–Crippen LogP) is 2.17. The molecule has 3 aliphatic heterocycles. The van der Waals surface area contributed by atoms with Crippen molar-refractivity contribution in [1.82, 2.24) is 4.90 Å². The number of methoxy groups -OCH3 is 1. The number of hydrogen-bond donors (Lipinski definition) is 0. The quantitative estimate of drug-likeness (QED) is 0.596. The molecule has 6 atom stereocenters. The number of rotatable bonds is 2. The predicted molar refractivity (Wildman–Crippen MR) is 91.2 cm³/mol. The summed E-state index contributed by atoms with van der Waals surface area (Å²) in [5.74, 6) is 0. The van der Waals surface area contributed by atoms with Crippen LogP contribution in [0.2, 0.25) is 0 Å². The fraction of sp³-hybridized carbons (Fsp3) is 0.562. The molecule has 0 saturated carbocycles. The van der Waals surface area contributed by atoms with Gasteiger partial charge in [0.25, 0.3) is 0 Å². The molecule has 0 bridgehead atoms. The summed E-state index contributed by atoms with van der Waals surface area (Å²) in [7, 11) is 1.66. The summed E-state index contributed by atoms with van der Waals surface area (Å²) in [5.41, 5.74) is 1.02. The van der Waals surface area contributed by atoms with Crippen LogP contribution in [0.1, 0.15) is 11.9 Å². The Morgan fingerprint density at radius 3 is 2.74 bits per heavy atom. The van der Waals surface area contributed by atoms with E-state index in [1.807, 2.05) is 36.6 Å². The van der Waals surface area contributed by atoms with Gasteiger partial charge in [0.1, 0.15) is 22.6 Å². The first kappa shape index (κ1) is 15.8. The van der Waals surface area contributed by atoms with Crippen LogP contribution in [-0.4, -0.2) is 59.8 Å². The molecule has 0 spiro atoms. The van der Waals surface area contributed by atoms with Gasteiger partial charge in [-0.05, 0) is 6.26 Å². The zero-order valence-corrected chi connectivity index (χ0v) is 14.6. The molecule has 0 amide bonds. The second-order valence-corrected chi connectivity index (χ2v) is 7.25. The average Bonchev–Trinajstić information content (AvgIpc) is 3.36. The Hall–Kier alpha value is -0.700. The Morgan fingerprint density at radius 1 is 1.26 bits per heavy atom. The summed E-state index contributed by atoms with van der Waals surface area (Å²) in [6.45, 7) is 0.493. The second-order valence-electron chi connectivity index (χ2n) is 5.81. The van der Waals surface area contributed by atoms with E-state index in [1.165, 1.54) is 0 Å². The van der Waals surface area contributed by atoms with Gasteiger partial charge >= 0.3 is 0 Å². The van der Waals surface area contributed by atoms with E-state index < -0.39 is 0 Å². The summed E-state index contributed by atoms with van der Waals surface area (Å²) >= 11 is 7.03. The number of thiocarbonyl (C=S) groups is 1. The molecule has 5 nitrogen and oxygen atoms in total. The van der Waals surface area contributed by atoms with Gasteiger partial charge in [-0.15, -0.1) is 11.8 Å². The molecular weight excluding hydrogens is 334 g/mol. The van der Waals surface area contributed by atoms with E-state index in [4.69, 9.17) is 31.2 Å². The molecule has 0 unspecified atom stereocenters. The van der Waals surface area contributed by atoms with Crippen LogP contribution in [0.15, 0.2) is 30.3 Å². The zero-order chi connectivity index (χ0) is 16.0. The molecule has 3 fully saturated rings. The van der Waals surface area contributed by atoms with Crippen LogP contribution in [0.4, 0.5) is 0 Å². The maximum atomic E-state index is 6.23. The molecule has 3 heterocycles. The molecule has 0 N–H and O–H groups in total. The summed E-state index contributed by atoms with van der Waals surface area (Å²) in [4.78, 5) is 2.17. The summed E-state index contributed by atoms with van der Waals surface area (Å²) in [6, 6.07) is 10.3. The van der Waals surface area contributed by atoms with Gasteiger partial charge in [-0.2, -0.15) is 0 Å². The maximum Gasteiger partial charge on any atom is 0.184 e. The minimum Gasteiger partial charge on any atom is -0.354 e. The fourth-order valence-electron chi connectivity index (χ4n) is 3.46. The summed E-state index contributed by atoms with van der Waals surface area (Å²) in [6.07, 6.45) is 1.16. The largest absolute Gasteiger partial charge is 0.354 e. The van der Waals surface area contributed by atoms with Gasteiger partial charge < -0.3 is 23.8 Å². The van der Waals surface area contributed by atoms with Gasteiger partial charge in [-0.3, -0.25) is 0 Å². The zero-order valence-electron chi connectivity index (χ0n) is 13.0. The molecule has 1 aromatic carbocycles. The van der Waals surface area contributed by atoms with Crippen molar-refractivity contribution in [1.29, 1.82) is 0 Å². The van der Waals surface area contributed by atoms with E-state index >= 15 is 0 Å². The van der Waals surface area contributed by atoms with E-state index in [1.54, 1.807) is 18.9 Å². The van der Waals surface area contributed by atoms with Crippen molar-refractivity contribution in [3.05, 3.63) is 35.9 Å². The Balaban J connectivity index is 1.54. The first-order valence-electron chi connectivity index (χ1n) is 7.61. The maximum absolute atomic E-state index is 6.23. The van der Waals surface area contributed by atoms with Crippen LogP contribution in [-0.2, 0) is 18.9 Å². The highest BCUT2D eigenvalue weighted by Crippen LogP contribution is 2.47. The normalized spacial score (nSPS) is 38.6. The van der Waals surface area contributed by atoms with Gasteiger partial charge in [-0.25, -0.2) is 0 Å². The highest BCUT2D eigenvalue weighted by atomic mass is 32.2. The Bertz CT molecular complexity index is 587. The third-order valence-electron chi connectivity index (χ3n) is 4.58. The van der Waals surface area contributed by atoms with Gasteiger partial charge in [0.15, 0.2) is 12.6 Å². The first-order chi connectivity index (χ1) is 11.2. The van der Waals surface area contributed by atoms with E-state index in [2.05, 4.69) is 4.90 Å². The van der Waals surface area contributed by atoms with Gasteiger partial charge in [0.2, 0.25) is 0 Å². The monoisotopic (exact) mass is 353 g/mol. The third-order valence-corrected chi connectivity index (χ3v) is 5.85. The SMILES string of the molecule is CO[C@@H]1O[C@H]2CO[C@H](c3ccccc3)O[C@@H]2[C@H]2[C@H]1N2C(=S)SC. The van der Waals surface area contributed by atoms with Crippen molar-refractivity contribution >= 4 is 28.3 Å². The van der Waals surface area contributed by atoms with Crippen molar-refractivity contribution in [2.75, 3.05) is 20.0 Å². The molecular formula is C16H19NO4S2. The van der Waals surface area contributed by atoms with Crippen molar-refractivity contribution in [2.24, 2.45) is 0 Å². The highest BCUT2D eigenvalue weighted by molar-refractivity contribution is 8.22. The van der Waals surface area contributed by atoms with Crippen molar-refractivity contribution in [3.8, 4) is 0 Å². The molecule has 3 aliphatic rings. The Morgan fingerprint density at radius 2 is 2.04 bits per heavy atom. The van der Waals surface area contributed by atoms with Crippen LogP contribution >= 0.6 is 24.0 Å². The summed E-state index contributed by atoms with van der Waals surface area (Å²) < 4.78 is 24.5. The summed E-state index contributed by atoms with van der Waals surface area (Å²) in [5, 5.41) is 0. The van der Waals surface area contributed by atoms with Crippen LogP contribution in [0, 0.1) is 0 Å². The molecule has 7 heteroatoms. The molecule has 23 heavy (non-hydrogen) atoms. The van der Waals surface area contributed by atoms with Crippen LogP contribution < -0.4 is 0 Å². The Labute approximate surface area is 145 Å². The van der Waals surface area contributed by atoms with Crippen LogP contribution in [0.3, 0.4) is 0 Å². The highest BCUT2D eigenvalue weighted by Gasteiger charge is 2.65. The third kappa shape index (κ3) is 2.69. The molecule has 1 aromatic rings. The minimum absolute atomic E-state index is 0.0598. The number of benzene rings is 1. The average molecular weight is 353 g/mol. The minimum atomic E-state index is -0.355. The van der Waals surface area contributed by atoms with Crippen molar-refractivity contribution < 1.29 is 18.9 Å². The topological polar surface area (TPSA) is 39.9 Å². The molecule has 3 saturated heterocycles. The molecule has 124 valence electrons. The number of fused-ring (bicyclic) bond motifs is 3. The molecule has 4 rings (SSSR count). The lowest BCUT2D eigenvalue weighted by molar-refractivity contribution is -0.304. The lowest BCUT2D eigenvalue weighted by Crippen LogP contribution is -2.52. The van der Waals surface area contributed by atoms with Crippen LogP contribution in [0.5, 0.6) is 0 Å².